The standard InChI is InChI=1S/C37H41ClN10O/c1-2-49-35-19-27(7-8-34(35)38)26-46-17-11-33(12-18-46)48(37-44-24-31(25-45-37)29-6-4-14-41-21-29)47(32-9-15-39-16-10-32)36-42-22-30(23-43-36)28-5-3-13-40-20-28/h3-8,13-14,19-25,32-33,39H,2,9-12,15-18,26H2,1H3. The van der Waals surface area contributed by atoms with Crippen LogP contribution in [0.2, 0.25) is 5.02 Å². The van der Waals surface area contributed by atoms with Crippen molar-refractivity contribution in [2.24, 2.45) is 0 Å². The van der Waals surface area contributed by atoms with Gasteiger partial charge in [0.1, 0.15) is 5.75 Å². The number of anilines is 2. The first kappa shape index (κ1) is 32.8. The zero-order valence-electron chi connectivity index (χ0n) is 27.7. The lowest BCUT2D eigenvalue weighted by molar-refractivity contribution is 0.196. The Morgan fingerprint density at radius 2 is 1.29 bits per heavy atom. The number of hydrogen-bond acceptors (Lipinski definition) is 11. The van der Waals surface area contributed by atoms with Gasteiger partial charge in [-0.05, 0) is 75.5 Å². The molecule has 11 nitrogen and oxygen atoms in total. The van der Waals surface area contributed by atoms with Crippen LogP contribution in [0.4, 0.5) is 11.9 Å². The number of aromatic nitrogens is 6. The van der Waals surface area contributed by atoms with E-state index in [0.29, 0.717) is 23.5 Å². The molecule has 6 heterocycles. The number of benzene rings is 1. The van der Waals surface area contributed by atoms with Gasteiger partial charge in [-0.1, -0.05) is 29.8 Å². The predicted octanol–water partition coefficient (Wildman–Crippen LogP) is 6.09. The lowest BCUT2D eigenvalue weighted by Crippen LogP contribution is -2.59. The van der Waals surface area contributed by atoms with Crippen LogP contribution in [0, 0.1) is 0 Å². The summed E-state index contributed by atoms with van der Waals surface area (Å²) in [5, 5.41) is 8.73. The first-order valence-electron chi connectivity index (χ1n) is 17.0. The van der Waals surface area contributed by atoms with E-state index in [1.54, 1.807) is 12.4 Å². The minimum absolute atomic E-state index is 0.140. The monoisotopic (exact) mass is 676 g/mol. The Morgan fingerprint density at radius 1 is 0.735 bits per heavy atom. The van der Waals surface area contributed by atoms with Crippen LogP contribution in [0.15, 0.2) is 92.0 Å². The molecule has 1 N–H and O–H groups in total. The zero-order chi connectivity index (χ0) is 33.4. The number of ether oxygens (including phenoxy) is 1. The van der Waals surface area contributed by atoms with Crippen LogP contribution >= 0.6 is 11.6 Å². The van der Waals surface area contributed by atoms with Gasteiger partial charge in [0, 0.05) is 91.5 Å². The Bertz CT molecular complexity index is 1770. The third-order valence-corrected chi connectivity index (χ3v) is 9.48. The molecule has 252 valence electrons. The summed E-state index contributed by atoms with van der Waals surface area (Å²) in [6.07, 6.45) is 18.5. The number of piperidine rings is 2. The first-order valence-corrected chi connectivity index (χ1v) is 17.4. The fourth-order valence-electron chi connectivity index (χ4n) is 6.66. The number of likely N-dealkylation sites (tertiary alicyclic amines) is 1. The summed E-state index contributed by atoms with van der Waals surface area (Å²) in [6.45, 7) is 7.07. The molecule has 0 atom stereocenters. The van der Waals surface area contributed by atoms with E-state index in [0.717, 1.165) is 86.4 Å². The highest BCUT2D eigenvalue weighted by Gasteiger charge is 2.36. The zero-order valence-corrected chi connectivity index (χ0v) is 28.5. The summed E-state index contributed by atoms with van der Waals surface area (Å²) in [7, 11) is 0. The smallest absolute Gasteiger partial charge is 0.244 e. The molecule has 0 bridgehead atoms. The van der Waals surface area contributed by atoms with E-state index >= 15 is 0 Å². The Morgan fingerprint density at radius 3 is 1.80 bits per heavy atom. The molecule has 0 unspecified atom stereocenters. The fourth-order valence-corrected chi connectivity index (χ4v) is 6.83. The van der Waals surface area contributed by atoms with Gasteiger partial charge >= 0.3 is 0 Å². The molecule has 7 rings (SSSR count). The molecule has 4 aromatic heterocycles. The van der Waals surface area contributed by atoms with Crippen LogP contribution in [-0.2, 0) is 6.54 Å². The van der Waals surface area contributed by atoms with Crippen molar-refractivity contribution in [3.63, 3.8) is 0 Å². The number of rotatable bonds is 11. The topological polar surface area (TPSA) is 108 Å². The molecular weight excluding hydrogens is 636 g/mol. The average molecular weight is 677 g/mol. The van der Waals surface area contributed by atoms with E-state index in [-0.39, 0.29) is 12.1 Å². The second-order valence-electron chi connectivity index (χ2n) is 12.4. The summed E-state index contributed by atoms with van der Waals surface area (Å²) in [4.78, 5) is 31.0. The highest BCUT2D eigenvalue weighted by atomic mass is 35.5. The molecule has 0 saturated carbocycles. The summed E-state index contributed by atoms with van der Waals surface area (Å²) in [5.74, 6) is 2.02. The van der Waals surface area contributed by atoms with E-state index in [4.69, 9.17) is 36.3 Å². The van der Waals surface area contributed by atoms with Gasteiger partial charge in [-0.2, -0.15) is 0 Å². The van der Waals surface area contributed by atoms with Crippen LogP contribution in [0.3, 0.4) is 0 Å². The third-order valence-electron chi connectivity index (χ3n) is 9.17. The molecule has 2 aliphatic rings. The van der Waals surface area contributed by atoms with Crippen LogP contribution in [0.5, 0.6) is 5.75 Å². The van der Waals surface area contributed by atoms with Crippen molar-refractivity contribution in [2.75, 3.05) is 42.8 Å². The van der Waals surface area contributed by atoms with Crippen molar-refractivity contribution < 1.29 is 4.74 Å². The lowest BCUT2D eigenvalue weighted by Gasteiger charge is -2.47. The lowest BCUT2D eigenvalue weighted by atomic mass is 10.0. The fraction of sp³-hybridized carbons (Fsp3) is 0.351. The van der Waals surface area contributed by atoms with Crippen LogP contribution in [0.1, 0.15) is 38.2 Å². The van der Waals surface area contributed by atoms with Crippen LogP contribution in [-0.4, -0.2) is 79.7 Å². The van der Waals surface area contributed by atoms with E-state index in [1.165, 1.54) is 5.56 Å². The summed E-state index contributed by atoms with van der Waals surface area (Å²) < 4.78 is 5.76. The number of pyridine rings is 2. The van der Waals surface area contributed by atoms with Gasteiger partial charge in [-0.3, -0.25) is 14.9 Å². The third kappa shape index (κ3) is 7.80. The average Bonchev–Trinajstić information content (AvgIpc) is 3.17. The van der Waals surface area contributed by atoms with Crippen molar-refractivity contribution in [3.8, 4) is 28.0 Å². The quantitative estimate of drug-likeness (QED) is 0.164. The molecule has 0 aliphatic carbocycles. The van der Waals surface area contributed by atoms with Gasteiger partial charge < -0.3 is 10.1 Å². The van der Waals surface area contributed by atoms with Gasteiger partial charge in [0.05, 0.1) is 23.7 Å². The maximum atomic E-state index is 6.38. The number of halogens is 1. The van der Waals surface area contributed by atoms with Gasteiger partial charge in [0.25, 0.3) is 0 Å². The number of hydrogen-bond donors (Lipinski definition) is 1. The summed E-state index contributed by atoms with van der Waals surface area (Å²) in [6, 6.07) is 14.3. The molecule has 0 spiro atoms. The highest BCUT2D eigenvalue weighted by molar-refractivity contribution is 6.32. The molecule has 0 radical (unpaired) electrons. The minimum atomic E-state index is 0.140. The summed E-state index contributed by atoms with van der Waals surface area (Å²) >= 11 is 6.38. The molecule has 49 heavy (non-hydrogen) atoms. The molecule has 2 saturated heterocycles. The molecule has 12 heteroatoms. The van der Waals surface area contributed by atoms with Crippen molar-refractivity contribution in [1.29, 1.82) is 0 Å². The maximum absolute atomic E-state index is 6.38. The molecule has 5 aromatic rings. The SMILES string of the molecule is CCOc1cc(CN2CCC(N(c3ncc(-c4cccnc4)cn3)N(c3ncc(-c4cccnc4)cn3)C3CCNCC3)CC2)ccc1Cl. The maximum Gasteiger partial charge on any atom is 0.244 e. The predicted molar refractivity (Wildman–Crippen MR) is 192 cm³/mol. The van der Waals surface area contributed by atoms with E-state index < -0.39 is 0 Å². The highest BCUT2D eigenvalue weighted by Crippen LogP contribution is 2.32. The van der Waals surface area contributed by atoms with E-state index in [1.807, 2.05) is 74.4 Å². The van der Waals surface area contributed by atoms with E-state index in [9.17, 15) is 0 Å². The number of nitrogens with one attached hydrogen (secondary N) is 1. The van der Waals surface area contributed by atoms with Crippen LogP contribution < -0.4 is 20.1 Å². The molecule has 0 amide bonds. The molecular formula is C37H41ClN10O. The second-order valence-corrected chi connectivity index (χ2v) is 12.8. The van der Waals surface area contributed by atoms with E-state index in [2.05, 4.69) is 42.3 Å². The Labute approximate surface area is 292 Å². The van der Waals surface area contributed by atoms with Gasteiger partial charge in [0.2, 0.25) is 11.9 Å². The molecule has 1 aromatic carbocycles. The van der Waals surface area contributed by atoms with Gasteiger partial charge in [0.15, 0.2) is 0 Å². The summed E-state index contributed by atoms with van der Waals surface area (Å²) in [5.41, 5.74) is 5.00. The number of hydrazine groups is 1. The minimum Gasteiger partial charge on any atom is -0.492 e. The normalized spacial score (nSPS) is 16.0. The van der Waals surface area contributed by atoms with Crippen molar-refractivity contribution in [1.82, 2.24) is 40.1 Å². The second kappa shape index (κ2) is 15.7. The van der Waals surface area contributed by atoms with Gasteiger partial charge in [-0.25, -0.2) is 30.0 Å². The van der Waals surface area contributed by atoms with Crippen molar-refractivity contribution in [2.45, 2.75) is 51.2 Å². The number of nitrogens with zero attached hydrogens (tertiary/aromatic N) is 9. The molecule has 2 aliphatic heterocycles. The Kier molecular flexibility index (Phi) is 10.5. The van der Waals surface area contributed by atoms with Gasteiger partial charge in [-0.15, -0.1) is 0 Å². The van der Waals surface area contributed by atoms with Crippen LogP contribution in [0.25, 0.3) is 22.3 Å². The Balaban J connectivity index is 1.19. The molecule has 2 fully saturated rings. The first-order chi connectivity index (χ1) is 24.2. The van der Waals surface area contributed by atoms with Crippen molar-refractivity contribution in [3.05, 3.63) is 103 Å². The van der Waals surface area contributed by atoms with Crippen molar-refractivity contribution >= 4 is 23.5 Å². The largest absolute Gasteiger partial charge is 0.492 e. The Hall–Kier alpha value is -4.71.